The number of hydrogen-bond donors (Lipinski definition) is 0. The summed E-state index contributed by atoms with van der Waals surface area (Å²) in [5.74, 6) is 0.717. The Morgan fingerprint density at radius 1 is 1.00 bits per heavy atom. The second-order valence-electron chi connectivity index (χ2n) is 6.60. The van der Waals surface area contributed by atoms with Gasteiger partial charge >= 0.3 is 0 Å². The fourth-order valence-electron chi connectivity index (χ4n) is 1.55. The summed E-state index contributed by atoms with van der Waals surface area (Å²) in [4.78, 5) is 0. The molecule has 0 bridgehead atoms. The summed E-state index contributed by atoms with van der Waals surface area (Å²) in [6.07, 6.45) is 4.84. The fraction of sp³-hybridized carbons (Fsp3) is 1.00. The van der Waals surface area contributed by atoms with Gasteiger partial charge in [-0.3, -0.25) is 0 Å². The lowest BCUT2D eigenvalue weighted by atomic mass is 9.78. The average molecular weight is 228 g/mol. The molecule has 0 aromatic rings. The van der Waals surface area contributed by atoms with Gasteiger partial charge in [-0.2, -0.15) is 0 Å². The van der Waals surface area contributed by atoms with Crippen LogP contribution in [0.25, 0.3) is 0 Å². The predicted octanol–water partition coefficient (Wildman–Crippen LogP) is 5.04. The highest BCUT2D eigenvalue weighted by atomic mass is 16.5. The number of rotatable bonds is 8. The maximum absolute atomic E-state index is 6.02. The maximum Gasteiger partial charge on any atom is 0.0626 e. The van der Waals surface area contributed by atoms with Crippen molar-refractivity contribution in [3.8, 4) is 0 Å². The summed E-state index contributed by atoms with van der Waals surface area (Å²) in [6, 6.07) is 0. The molecule has 0 radical (unpaired) electrons. The molecule has 0 aliphatic rings. The van der Waals surface area contributed by atoms with Crippen LogP contribution in [0, 0.1) is 11.3 Å². The van der Waals surface area contributed by atoms with E-state index in [4.69, 9.17) is 4.74 Å². The smallest absolute Gasteiger partial charge is 0.0626 e. The third-order valence-electron chi connectivity index (χ3n) is 3.93. The van der Waals surface area contributed by atoms with Gasteiger partial charge in [-0.05, 0) is 38.0 Å². The van der Waals surface area contributed by atoms with Crippen molar-refractivity contribution in [1.82, 2.24) is 0 Å². The Morgan fingerprint density at radius 2 is 1.56 bits per heavy atom. The molecule has 0 rings (SSSR count). The number of hydrogen-bond acceptors (Lipinski definition) is 1. The zero-order valence-electron chi connectivity index (χ0n) is 12.5. The van der Waals surface area contributed by atoms with Crippen LogP contribution in [0.4, 0.5) is 0 Å². The Balaban J connectivity index is 3.88. The summed E-state index contributed by atoms with van der Waals surface area (Å²) >= 11 is 0. The van der Waals surface area contributed by atoms with Gasteiger partial charge in [-0.25, -0.2) is 0 Å². The molecule has 0 fully saturated rings. The number of unbranched alkanes of at least 4 members (excludes halogenated alkanes) is 1. The van der Waals surface area contributed by atoms with Crippen molar-refractivity contribution in [3.63, 3.8) is 0 Å². The van der Waals surface area contributed by atoms with E-state index in [1.165, 1.54) is 19.3 Å². The van der Waals surface area contributed by atoms with Crippen LogP contribution in [0.3, 0.4) is 0 Å². The Hall–Kier alpha value is -0.0400. The molecule has 0 saturated carbocycles. The summed E-state index contributed by atoms with van der Waals surface area (Å²) in [5.41, 5.74) is 0.448. The first-order chi connectivity index (χ1) is 7.21. The molecule has 0 aromatic carbocycles. The van der Waals surface area contributed by atoms with Gasteiger partial charge in [0.1, 0.15) is 0 Å². The summed E-state index contributed by atoms with van der Waals surface area (Å²) in [7, 11) is 0. The minimum Gasteiger partial charge on any atom is -0.376 e. The second-order valence-corrected chi connectivity index (χ2v) is 6.60. The van der Waals surface area contributed by atoms with Gasteiger partial charge in [0.05, 0.1) is 5.60 Å². The topological polar surface area (TPSA) is 9.23 Å². The molecule has 16 heavy (non-hydrogen) atoms. The molecule has 0 saturated heterocycles. The maximum atomic E-state index is 6.02. The molecule has 0 aromatic heterocycles. The van der Waals surface area contributed by atoms with Gasteiger partial charge in [-0.15, -0.1) is 0 Å². The van der Waals surface area contributed by atoms with Crippen LogP contribution in [0.2, 0.25) is 0 Å². The monoisotopic (exact) mass is 228 g/mol. The lowest BCUT2D eigenvalue weighted by Crippen LogP contribution is -2.28. The third kappa shape index (κ3) is 6.52. The fourth-order valence-corrected chi connectivity index (χ4v) is 1.55. The van der Waals surface area contributed by atoms with Gasteiger partial charge in [-0.1, -0.05) is 47.5 Å². The van der Waals surface area contributed by atoms with Crippen molar-refractivity contribution < 1.29 is 4.74 Å². The van der Waals surface area contributed by atoms with Crippen molar-refractivity contribution in [3.05, 3.63) is 0 Å². The van der Waals surface area contributed by atoms with Crippen LogP contribution in [-0.4, -0.2) is 12.2 Å². The summed E-state index contributed by atoms with van der Waals surface area (Å²) in [5, 5.41) is 0. The molecule has 0 atom stereocenters. The normalized spacial score (nSPS) is 13.5. The van der Waals surface area contributed by atoms with E-state index in [9.17, 15) is 0 Å². The predicted molar refractivity (Wildman–Crippen MR) is 72.8 cm³/mol. The zero-order valence-corrected chi connectivity index (χ0v) is 12.5. The van der Waals surface area contributed by atoms with E-state index in [-0.39, 0.29) is 5.60 Å². The highest BCUT2D eigenvalue weighted by molar-refractivity contribution is 4.74. The first kappa shape index (κ1) is 16.0. The van der Waals surface area contributed by atoms with Crippen molar-refractivity contribution in [1.29, 1.82) is 0 Å². The van der Waals surface area contributed by atoms with E-state index >= 15 is 0 Å². The van der Waals surface area contributed by atoms with Gasteiger partial charge in [0.15, 0.2) is 0 Å². The molecule has 0 heterocycles. The van der Waals surface area contributed by atoms with Crippen LogP contribution in [0.5, 0.6) is 0 Å². The largest absolute Gasteiger partial charge is 0.376 e. The van der Waals surface area contributed by atoms with E-state index in [1.54, 1.807) is 0 Å². The summed E-state index contributed by atoms with van der Waals surface area (Å²) < 4.78 is 6.02. The Morgan fingerprint density at radius 3 is 2.00 bits per heavy atom. The van der Waals surface area contributed by atoms with Gasteiger partial charge in [0.25, 0.3) is 0 Å². The minimum absolute atomic E-state index is 0.0586. The SMILES string of the molecule is CCCCC(C)(C)OCCC(C)(C)C(C)C. The van der Waals surface area contributed by atoms with Gasteiger partial charge in [0, 0.05) is 6.61 Å². The van der Waals surface area contributed by atoms with E-state index < -0.39 is 0 Å². The molecule has 98 valence electrons. The number of ether oxygens (including phenoxy) is 1. The lowest BCUT2D eigenvalue weighted by molar-refractivity contribution is -0.0391. The van der Waals surface area contributed by atoms with Gasteiger partial charge < -0.3 is 4.74 Å². The molecule has 0 N–H and O–H groups in total. The first-order valence-corrected chi connectivity index (χ1v) is 6.85. The molecule has 1 heteroatoms. The van der Waals surface area contributed by atoms with Crippen molar-refractivity contribution in [2.75, 3.05) is 6.61 Å². The first-order valence-electron chi connectivity index (χ1n) is 6.85. The van der Waals surface area contributed by atoms with E-state index in [0.29, 0.717) is 5.41 Å². The molecular formula is C15H32O. The Kier molecular flexibility index (Phi) is 6.62. The molecule has 0 aliphatic carbocycles. The molecule has 0 unspecified atom stereocenters. The molecular weight excluding hydrogens is 196 g/mol. The highest BCUT2D eigenvalue weighted by Crippen LogP contribution is 2.30. The van der Waals surface area contributed by atoms with Crippen LogP contribution < -0.4 is 0 Å². The minimum atomic E-state index is 0.0586. The van der Waals surface area contributed by atoms with Crippen molar-refractivity contribution in [2.45, 2.75) is 79.8 Å². The van der Waals surface area contributed by atoms with E-state index in [1.807, 2.05) is 0 Å². The van der Waals surface area contributed by atoms with E-state index in [0.717, 1.165) is 18.9 Å². The molecule has 1 nitrogen and oxygen atoms in total. The van der Waals surface area contributed by atoms with Crippen LogP contribution in [0.15, 0.2) is 0 Å². The van der Waals surface area contributed by atoms with Crippen molar-refractivity contribution >= 4 is 0 Å². The van der Waals surface area contributed by atoms with Crippen LogP contribution >= 0.6 is 0 Å². The quantitative estimate of drug-likeness (QED) is 0.565. The molecule has 0 spiro atoms. The van der Waals surface area contributed by atoms with E-state index in [2.05, 4.69) is 48.5 Å². The highest BCUT2D eigenvalue weighted by Gasteiger charge is 2.24. The average Bonchev–Trinajstić information content (AvgIpc) is 2.14. The molecule has 0 aliphatic heterocycles. The second kappa shape index (κ2) is 6.64. The standard InChI is InChI=1S/C15H32O/c1-8-9-10-15(6,7)16-12-11-14(4,5)13(2)3/h13H,8-12H2,1-7H3. The van der Waals surface area contributed by atoms with Crippen LogP contribution in [-0.2, 0) is 4.74 Å². The third-order valence-corrected chi connectivity index (χ3v) is 3.93. The Labute approximate surface area is 103 Å². The van der Waals surface area contributed by atoms with Gasteiger partial charge in [0.2, 0.25) is 0 Å². The van der Waals surface area contributed by atoms with Crippen LogP contribution in [0.1, 0.15) is 74.1 Å². The zero-order chi connectivity index (χ0) is 12.8. The summed E-state index contributed by atoms with van der Waals surface area (Å²) in [6.45, 7) is 16.8. The lowest BCUT2D eigenvalue weighted by Gasteiger charge is -2.32. The molecule has 0 amide bonds. The van der Waals surface area contributed by atoms with Crippen molar-refractivity contribution in [2.24, 2.45) is 11.3 Å². The Bertz CT molecular complexity index is 180.